The molecule has 1 aliphatic carbocycles. The maximum absolute atomic E-state index is 11.7. The van der Waals surface area contributed by atoms with Crippen LogP contribution < -0.4 is 5.32 Å². The summed E-state index contributed by atoms with van der Waals surface area (Å²) in [7, 11) is 0. The number of carbonyl (C=O) groups is 2. The van der Waals surface area contributed by atoms with Crippen LogP contribution in [0, 0.1) is 33.5 Å². The third kappa shape index (κ3) is 21.7. The number of aliphatic hydroxyl groups is 1. The summed E-state index contributed by atoms with van der Waals surface area (Å²) in [6, 6.07) is 0. The molecule has 250 valence electrons. The van der Waals surface area contributed by atoms with Crippen molar-refractivity contribution in [2.75, 3.05) is 32.8 Å². The largest absolute Gasteiger partial charge is 0.396 e. The average molecular weight is 595 g/mol. The van der Waals surface area contributed by atoms with Gasteiger partial charge in [-0.05, 0) is 85.1 Å². The second-order valence-corrected chi connectivity index (χ2v) is 17.7. The number of amides is 1. The highest BCUT2D eigenvalue weighted by Gasteiger charge is 2.29. The van der Waals surface area contributed by atoms with Crippen molar-refractivity contribution < 1.29 is 14.7 Å². The van der Waals surface area contributed by atoms with Gasteiger partial charge in [0.2, 0.25) is 5.91 Å². The Bertz CT molecular complexity index is 718. The number of Topliss-reactive ketones (excluding diaryl/α,β-unsaturated/α-hetero) is 1. The average Bonchev–Trinajstić information content (AvgIpc) is 2.80. The number of hydrogen-bond acceptors (Lipinski definition) is 4. The van der Waals surface area contributed by atoms with Crippen LogP contribution in [0.2, 0.25) is 0 Å². The third-order valence-corrected chi connectivity index (χ3v) is 8.57. The molecule has 1 amide bonds. The van der Waals surface area contributed by atoms with Gasteiger partial charge < -0.3 is 15.3 Å². The zero-order valence-corrected chi connectivity index (χ0v) is 30.4. The number of ketones is 1. The van der Waals surface area contributed by atoms with Gasteiger partial charge in [-0.3, -0.25) is 9.59 Å². The van der Waals surface area contributed by atoms with E-state index in [-0.39, 0.29) is 23.2 Å². The molecular formula is C37H74N2O3. The fraction of sp³-hybridized carbons (Fsp3) is 0.946. The summed E-state index contributed by atoms with van der Waals surface area (Å²) in [5.41, 5.74) is 1.33. The molecule has 2 heterocycles. The summed E-state index contributed by atoms with van der Waals surface area (Å²) in [6.07, 6.45) is 13.5. The van der Waals surface area contributed by atoms with Crippen molar-refractivity contribution in [3.63, 3.8) is 0 Å². The van der Waals surface area contributed by atoms with Crippen LogP contribution in [0.3, 0.4) is 0 Å². The van der Waals surface area contributed by atoms with Gasteiger partial charge in [-0.25, -0.2) is 0 Å². The molecule has 2 N–H and O–H groups in total. The fourth-order valence-electron chi connectivity index (χ4n) is 5.53. The molecule has 2 saturated heterocycles. The van der Waals surface area contributed by atoms with Gasteiger partial charge in [0, 0.05) is 39.0 Å². The molecule has 5 heteroatoms. The van der Waals surface area contributed by atoms with Crippen LogP contribution in [0.25, 0.3) is 0 Å². The second kappa shape index (κ2) is 19.4. The zero-order valence-electron chi connectivity index (χ0n) is 30.4. The number of nitrogens with zero attached hydrogens (tertiary/aromatic N) is 1. The number of likely N-dealkylation sites (tertiary alicyclic amines) is 1. The third-order valence-electron chi connectivity index (χ3n) is 8.57. The molecule has 42 heavy (non-hydrogen) atoms. The van der Waals surface area contributed by atoms with Crippen LogP contribution in [0.15, 0.2) is 0 Å². The summed E-state index contributed by atoms with van der Waals surface area (Å²) >= 11 is 0. The first-order valence-corrected chi connectivity index (χ1v) is 17.3. The first kappa shape index (κ1) is 41.1. The minimum atomic E-state index is 0.0898. The first-order chi connectivity index (χ1) is 19.2. The van der Waals surface area contributed by atoms with E-state index in [0.29, 0.717) is 42.4 Å². The maximum atomic E-state index is 11.7. The number of carbonyl (C=O) groups excluding carboxylic acids is 2. The lowest BCUT2D eigenvalue weighted by molar-refractivity contribution is -0.134. The Morgan fingerprint density at radius 3 is 1.43 bits per heavy atom. The van der Waals surface area contributed by atoms with Crippen LogP contribution >= 0.6 is 0 Å². The van der Waals surface area contributed by atoms with Gasteiger partial charge in [0.1, 0.15) is 5.78 Å². The highest BCUT2D eigenvalue weighted by molar-refractivity contribution is 5.78. The van der Waals surface area contributed by atoms with E-state index in [2.05, 4.69) is 67.6 Å². The van der Waals surface area contributed by atoms with Gasteiger partial charge >= 0.3 is 0 Å². The quantitative estimate of drug-likeness (QED) is 0.333. The van der Waals surface area contributed by atoms with E-state index in [1.807, 2.05) is 25.7 Å². The Morgan fingerprint density at radius 1 is 0.667 bits per heavy atom. The smallest absolute Gasteiger partial charge is 0.223 e. The Morgan fingerprint density at radius 2 is 1.12 bits per heavy atom. The van der Waals surface area contributed by atoms with E-state index >= 15 is 0 Å². The topological polar surface area (TPSA) is 69.6 Å². The summed E-state index contributed by atoms with van der Waals surface area (Å²) in [4.78, 5) is 24.9. The number of nitrogens with one attached hydrogen (secondary N) is 1. The molecule has 5 nitrogen and oxygen atoms in total. The summed E-state index contributed by atoms with van der Waals surface area (Å²) < 4.78 is 0. The van der Waals surface area contributed by atoms with E-state index in [1.54, 1.807) is 0 Å². The fourth-order valence-corrected chi connectivity index (χ4v) is 5.53. The van der Waals surface area contributed by atoms with Crippen molar-refractivity contribution >= 4 is 11.7 Å². The molecule has 0 bridgehead atoms. The molecule has 0 radical (unpaired) electrons. The minimum absolute atomic E-state index is 0.0898. The molecular weight excluding hydrogens is 520 g/mol. The van der Waals surface area contributed by atoms with E-state index in [0.717, 1.165) is 24.9 Å². The SMILES string of the molecule is CC(C)(C)C1CCCCC1.CC(C)(C)C1CNC1.CC(C)(C)CC(=O)CCCO.CC(C)(C)CC(=O)N1CCCCC1. The molecule has 0 spiro atoms. The van der Waals surface area contributed by atoms with Crippen molar-refractivity contribution in [3.05, 3.63) is 0 Å². The van der Waals surface area contributed by atoms with E-state index in [4.69, 9.17) is 5.11 Å². The van der Waals surface area contributed by atoms with Gasteiger partial charge in [-0.1, -0.05) is 102 Å². The lowest BCUT2D eigenvalue weighted by Crippen LogP contribution is -2.48. The number of rotatable bonds is 5. The molecule has 1 saturated carbocycles. The maximum Gasteiger partial charge on any atom is 0.223 e. The van der Waals surface area contributed by atoms with Crippen LogP contribution in [0.4, 0.5) is 0 Å². The number of aliphatic hydroxyl groups excluding tert-OH is 1. The molecule has 3 fully saturated rings. The molecule has 0 aromatic heterocycles. The standard InChI is InChI=1S/C11H21NO.C10H20.C9H18O2.C7H15N/c1-11(2,3)9-10(13)12-7-5-4-6-8-12;1-10(2,3)9-7-5-4-6-8-9;1-9(2,3)7-8(11)5-4-6-10;1-7(2,3)6-4-8-5-6/h4-9H2,1-3H3;9H,4-8H2,1-3H3;10H,4-7H2,1-3H3;6,8H,4-5H2,1-3H3. The summed E-state index contributed by atoms with van der Waals surface area (Å²) in [6.45, 7) is 31.1. The normalized spacial score (nSPS) is 18.7. The van der Waals surface area contributed by atoms with Crippen LogP contribution in [0.1, 0.15) is 160 Å². The minimum Gasteiger partial charge on any atom is -0.396 e. The predicted octanol–water partition coefficient (Wildman–Crippen LogP) is 9.06. The molecule has 3 aliphatic rings. The van der Waals surface area contributed by atoms with Crippen molar-refractivity contribution in [3.8, 4) is 0 Å². The molecule has 0 unspecified atom stereocenters. The summed E-state index contributed by atoms with van der Waals surface area (Å²) in [5, 5.41) is 11.7. The first-order valence-electron chi connectivity index (χ1n) is 17.3. The molecule has 0 aromatic carbocycles. The zero-order chi connectivity index (χ0) is 32.6. The lowest BCUT2D eigenvalue weighted by atomic mass is 9.72. The Kier molecular flexibility index (Phi) is 19.0. The van der Waals surface area contributed by atoms with Gasteiger partial charge in [-0.2, -0.15) is 0 Å². The monoisotopic (exact) mass is 595 g/mol. The summed E-state index contributed by atoms with van der Waals surface area (Å²) in [5.74, 6) is 2.52. The highest BCUT2D eigenvalue weighted by atomic mass is 16.3. The second-order valence-electron chi connectivity index (χ2n) is 17.7. The Balaban J connectivity index is 0.000000541. The predicted molar refractivity (Wildman–Crippen MR) is 182 cm³/mol. The highest BCUT2D eigenvalue weighted by Crippen LogP contribution is 2.37. The van der Waals surface area contributed by atoms with Gasteiger partial charge in [0.25, 0.3) is 0 Å². The lowest BCUT2D eigenvalue weighted by Gasteiger charge is -2.38. The molecule has 3 rings (SSSR count). The molecule has 0 atom stereocenters. The molecule has 2 aliphatic heterocycles. The molecule has 0 aromatic rings. The van der Waals surface area contributed by atoms with Crippen LogP contribution in [-0.4, -0.2) is 54.5 Å². The van der Waals surface area contributed by atoms with Gasteiger partial charge in [0.15, 0.2) is 0 Å². The van der Waals surface area contributed by atoms with Crippen molar-refractivity contribution in [2.45, 2.75) is 160 Å². The van der Waals surface area contributed by atoms with Crippen molar-refractivity contribution in [2.24, 2.45) is 33.5 Å². The van der Waals surface area contributed by atoms with E-state index in [1.165, 1.54) is 64.5 Å². The van der Waals surface area contributed by atoms with Crippen LogP contribution in [0.5, 0.6) is 0 Å². The Hall–Kier alpha value is -0.940. The van der Waals surface area contributed by atoms with E-state index in [9.17, 15) is 9.59 Å². The van der Waals surface area contributed by atoms with Crippen LogP contribution in [-0.2, 0) is 9.59 Å². The van der Waals surface area contributed by atoms with Gasteiger partial charge in [0.05, 0.1) is 0 Å². The van der Waals surface area contributed by atoms with E-state index < -0.39 is 0 Å². The Labute approximate surface area is 262 Å². The van der Waals surface area contributed by atoms with Crippen molar-refractivity contribution in [1.29, 1.82) is 0 Å². The number of piperidine rings is 1. The number of hydrogen-bond donors (Lipinski definition) is 2. The van der Waals surface area contributed by atoms with Crippen molar-refractivity contribution in [1.82, 2.24) is 10.2 Å². The van der Waals surface area contributed by atoms with Gasteiger partial charge in [-0.15, -0.1) is 0 Å².